The maximum atomic E-state index is 12.2. The molecule has 0 aliphatic carbocycles. The largest absolute Gasteiger partial charge is 0.349 e. The highest BCUT2D eigenvalue weighted by Crippen LogP contribution is 2.21. The summed E-state index contributed by atoms with van der Waals surface area (Å²) in [5.41, 5.74) is 2.87. The molecule has 27 heavy (non-hydrogen) atoms. The van der Waals surface area contributed by atoms with Crippen LogP contribution in [0, 0.1) is 0 Å². The van der Waals surface area contributed by atoms with Crippen LogP contribution < -0.4 is 5.32 Å². The van der Waals surface area contributed by atoms with Gasteiger partial charge in [-0.05, 0) is 29.8 Å². The number of benzene rings is 2. The van der Waals surface area contributed by atoms with Crippen molar-refractivity contribution in [2.24, 2.45) is 0 Å². The molecule has 0 unspecified atom stereocenters. The molecule has 0 aliphatic rings. The van der Waals surface area contributed by atoms with Crippen molar-refractivity contribution in [2.75, 3.05) is 0 Å². The number of nitrogens with one attached hydrogen (secondary N) is 1. The SMILES string of the molecule is O=C(Cc1csc(Cc2cccc(Cl)c2)n1)NCc1nc2ccccc2s1. The average molecular weight is 414 g/mol. The van der Waals surface area contributed by atoms with E-state index in [1.54, 1.807) is 22.7 Å². The van der Waals surface area contributed by atoms with Crippen molar-refractivity contribution in [1.29, 1.82) is 0 Å². The zero-order chi connectivity index (χ0) is 18.6. The van der Waals surface area contributed by atoms with Crippen LogP contribution in [-0.4, -0.2) is 15.9 Å². The van der Waals surface area contributed by atoms with E-state index in [4.69, 9.17) is 11.6 Å². The number of para-hydroxylation sites is 1. The third kappa shape index (κ3) is 4.71. The predicted molar refractivity (Wildman–Crippen MR) is 112 cm³/mol. The summed E-state index contributed by atoms with van der Waals surface area (Å²) >= 11 is 9.19. The molecule has 0 atom stereocenters. The Morgan fingerprint density at radius 2 is 1.96 bits per heavy atom. The smallest absolute Gasteiger partial charge is 0.226 e. The molecule has 4 rings (SSSR count). The van der Waals surface area contributed by atoms with Gasteiger partial charge in [-0.1, -0.05) is 35.9 Å². The minimum atomic E-state index is -0.0474. The highest BCUT2D eigenvalue weighted by Gasteiger charge is 2.10. The summed E-state index contributed by atoms with van der Waals surface area (Å²) in [6.07, 6.45) is 0.996. The number of hydrogen-bond acceptors (Lipinski definition) is 5. The van der Waals surface area contributed by atoms with Crippen LogP contribution in [0.3, 0.4) is 0 Å². The van der Waals surface area contributed by atoms with E-state index in [-0.39, 0.29) is 12.3 Å². The third-order valence-corrected chi connectivity index (χ3v) is 6.13. The fourth-order valence-corrected chi connectivity index (χ4v) is 4.68. The van der Waals surface area contributed by atoms with Gasteiger partial charge in [0.05, 0.1) is 33.9 Å². The van der Waals surface area contributed by atoms with Gasteiger partial charge in [-0.15, -0.1) is 22.7 Å². The van der Waals surface area contributed by atoms with Gasteiger partial charge in [0.2, 0.25) is 5.91 Å². The maximum Gasteiger partial charge on any atom is 0.226 e. The Morgan fingerprint density at radius 1 is 1.07 bits per heavy atom. The van der Waals surface area contributed by atoms with Crippen LogP contribution in [0.1, 0.15) is 21.3 Å². The van der Waals surface area contributed by atoms with E-state index in [2.05, 4.69) is 15.3 Å². The molecular formula is C20H16ClN3OS2. The molecule has 0 radical (unpaired) electrons. The molecule has 4 nitrogen and oxygen atoms in total. The molecule has 0 saturated heterocycles. The van der Waals surface area contributed by atoms with Crippen LogP contribution in [0.2, 0.25) is 5.02 Å². The first-order valence-electron chi connectivity index (χ1n) is 8.44. The van der Waals surface area contributed by atoms with Crippen molar-refractivity contribution in [1.82, 2.24) is 15.3 Å². The molecule has 0 aliphatic heterocycles. The number of thiazole rings is 2. The van der Waals surface area contributed by atoms with Crippen molar-refractivity contribution in [2.45, 2.75) is 19.4 Å². The summed E-state index contributed by atoms with van der Waals surface area (Å²) in [6.45, 7) is 0.442. The fraction of sp³-hybridized carbons (Fsp3) is 0.150. The van der Waals surface area contributed by atoms with Gasteiger partial charge in [0, 0.05) is 16.8 Å². The minimum absolute atomic E-state index is 0.0474. The summed E-state index contributed by atoms with van der Waals surface area (Å²) in [5.74, 6) is -0.0474. The van der Waals surface area contributed by atoms with Gasteiger partial charge < -0.3 is 5.32 Å². The first kappa shape index (κ1) is 18.1. The molecule has 2 aromatic carbocycles. The fourth-order valence-electron chi connectivity index (χ4n) is 2.73. The molecule has 0 spiro atoms. The van der Waals surface area contributed by atoms with Crippen LogP contribution in [0.5, 0.6) is 0 Å². The molecule has 136 valence electrons. The predicted octanol–water partition coefficient (Wildman–Crippen LogP) is 4.86. The van der Waals surface area contributed by atoms with Crippen LogP contribution >= 0.6 is 34.3 Å². The topological polar surface area (TPSA) is 54.9 Å². The van der Waals surface area contributed by atoms with E-state index in [0.29, 0.717) is 6.54 Å². The molecule has 2 heterocycles. The number of halogens is 1. The van der Waals surface area contributed by atoms with Crippen molar-refractivity contribution in [3.05, 3.63) is 80.2 Å². The quantitative estimate of drug-likeness (QED) is 0.491. The standard InChI is InChI=1S/C20H16ClN3OS2/c21-14-5-3-4-13(8-14)9-19-23-15(12-26-19)10-18(25)22-11-20-24-16-6-1-2-7-17(16)27-20/h1-8,12H,9-11H2,(H,22,25). The lowest BCUT2D eigenvalue weighted by atomic mass is 10.2. The highest BCUT2D eigenvalue weighted by molar-refractivity contribution is 7.18. The molecule has 1 amide bonds. The lowest BCUT2D eigenvalue weighted by Crippen LogP contribution is -2.24. The molecule has 1 N–H and O–H groups in total. The van der Waals surface area contributed by atoms with Crippen LogP contribution in [0.15, 0.2) is 53.9 Å². The van der Waals surface area contributed by atoms with E-state index in [1.807, 2.05) is 53.9 Å². The summed E-state index contributed by atoms with van der Waals surface area (Å²) in [4.78, 5) is 21.3. The number of carbonyl (C=O) groups is 1. The van der Waals surface area contributed by atoms with Crippen molar-refractivity contribution >= 4 is 50.4 Å². The molecule has 0 bridgehead atoms. The minimum Gasteiger partial charge on any atom is -0.349 e. The van der Waals surface area contributed by atoms with Crippen molar-refractivity contribution < 1.29 is 4.79 Å². The number of amides is 1. The Bertz CT molecular complexity index is 1060. The molecular weight excluding hydrogens is 398 g/mol. The zero-order valence-corrected chi connectivity index (χ0v) is 16.7. The summed E-state index contributed by atoms with van der Waals surface area (Å²) in [5, 5.41) is 7.48. The summed E-state index contributed by atoms with van der Waals surface area (Å²) < 4.78 is 1.13. The average Bonchev–Trinajstić information content (AvgIpc) is 3.26. The Hall–Kier alpha value is -2.28. The van der Waals surface area contributed by atoms with Gasteiger partial charge >= 0.3 is 0 Å². The Kier molecular flexibility index (Phi) is 5.48. The highest BCUT2D eigenvalue weighted by atomic mass is 35.5. The second-order valence-corrected chi connectivity index (χ2v) is 8.56. The Balaban J connectivity index is 1.32. The number of fused-ring (bicyclic) bond motifs is 1. The van der Waals surface area contributed by atoms with Crippen LogP contribution in [-0.2, 0) is 24.2 Å². The maximum absolute atomic E-state index is 12.2. The lowest BCUT2D eigenvalue weighted by Gasteiger charge is -2.01. The second-order valence-electron chi connectivity index (χ2n) is 6.07. The van der Waals surface area contributed by atoms with E-state index >= 15 is 0 Å². The normalized spacial score (nSPS) is 11.0. The van der Waals surface area contributed by atoms with E-state index in [9.17, 15) is 4.79 Å². The van der Waals surface area contributed by atoms with Crippen molar-refractivity contribution in [3.63, 3.8) is 0 Å². The Morgan fingerprint density at radius 3 is 2.81 bits per heavy atom. The lowest BCUT2D eigenvalue weighted by molar-refractivity contribution is -0.120. The van der Waals surface area contributed by atoms with E-state index < -0.39 is 0 Å². The van der Waals surface area contributed by atoms with Gasteiger partial charge in [-0.3, -0.25) is 4.79 Å². The number of aromatic nitrogens is 2. The molecule has 0 saturated carbocycles. The first-order chi connectivity index (χ1) is 13.2. The molecule has 2 aromatic heterocycles. The monoisotopic (exact) mass is 413 g/mol. The van der Waals surface area contributed by atoms with Gasteiger partial charge in [0.15, 0.2) is 0 Å². The van der Waals surface area contributed by atoms with Crippen molar-refractivity contribution in [3.8, 4) is 0 Å². The Labute approximate surface area is 169 Å². The first-order valence-corrected chi connectivity index (χ1v) is 10.5. The molecule has 7 heteroatoms. The summed E-state index contributed by atoms with van der Waals surface area (Å²) in [6, 6.07) is 15.7. The number of rotatable bonds is 6. The van der Waals surface area contributed by atoms with Crippen LogP contribution in [0.25, 0.3) is 10.2 Å². The van der Waals surface area contributed by atoms with Gasteiger partial charge in [0.1, 0.15) is 5.01 Å². The molecule has 0 fully saturated rings. The second kappa shape index (κ2) is 8.17. The number of nitrogens with zero attached hydrogens (tertiary/aromatic N) is 2. The van der Waals surface area contributed by atoms with E-state index in [0.717, 1.165) is 42.9 Å². The third-order valence-electron chi connectivity index (χ3n) is 3.96. The summed E-state index contributed by atoms with van der Waals surface area (Å²) in [7, 11) is 0. The van der Waals surface area contributed by atoms with Gasteiger partial charge in [0.25, 0.3) is 0 Å². The van der Waals surface area contributed by atoms with Crippen LogP contribution in [0.4, 0.5) is 0 Å². The number of carbonyl (C=O) groups excluding carboxylic acids is 1. The number of hydrogen-bond donors (Lipinski definition) is 1. The van der Waals surface area contributed by atoms with Gasteiger partial charge in [-0.2, -0.15) is 0 Å². The molecule has 4 aromatic rings. The van der Waals surface area contributed by atoms with Gasteiger partial charge in [-0.25, -0.2) is 9.97 Å². The van der Waals surface area contributed by atoms with E-state index in [1.165, 1.54) is 0 Å². The zero-order valence-electron chi connectivity index (χ0n) is 14.3.